The Morgan fingerprint density at radius 2 is 1.84 bits per heavy atom. The van der Waals surface area contributed by atoms with Gasteiger partial charge in [-0.25, -0.2) is 9.67 Å². The lowest BCUT2D eigenvalue weighted by atomic mass is 9.92. The zero-order chi connectivity index (χ0) is 17.4. The average molecular weight is 335 g/mol. The van der Waals surface area contributed by atoms with Crippen molar-refractivity contribution < 1.29 is 0 Å². The Morgan fingerprint density at radius 1 is 1.08 bits per heavy atom. The molecule has 3 heterocycles. The number of H-pyrrole nitrogens is 1. The number of aromatic amines is 1. The van der Waals surface area contributed by atoms with Crippen LogP contribution < -0.4 is 4.90 Å². The van der Waals surface area contributed by atoms with E-state index in [-0.39, 0.29) is 0 Å². The minimum absolute atomic E-state index is 0.554. The number of rotatable bonds is 3. The van der Waals surface area contributed by atoms with E-state index in [0.717, 1.165) is 37.3 Å². The van der Waals surface area contributed by atoms with Crippen LogP contribution in [-0.2, 0) is 0 Å². The summed E-state index contributed by atoms with van der Waals surface area (Å²) < 4.78 is 2.10. The first-order valence-electron chi connectivity index (χ1n) is 9.01. The van der Waals surface area contributed by atoms with Crippen LogP contribution in [0.1, 0.15) is 41.4 Å². The van der Waals surface area contributed by atoms with Gasteiger partial charge in [0, 0.05) is 30.8 Å². The summed E-state index contributed by atoms with van der Waals surface area (Å²) in [5.41, 5.74) is 5.91. The smallest absolute Gasteiger partial charge is 0.132 e. The van der Waals surface area contributed by atoms with E-state index in [1.165, 1.54) is 22.8 Å². The highest BCUT2D eigenvalue weighted by Gasteiger charge is 2.25. The Kier molecular flexibility index (Phi) is 4.07. The van der Waals surface area contributed by atoms with Crippen LogP contribution in [-0.4, -0.2) is 32.8 Å². The minimum Gasteiger partial charge on any atom is -0.356 e. The van der Waals surface area contributed by atoms with Gasteiger partial charge in [0.25, 0.3) is 0 Å². The molecule has 1 aromatic carbocycles. The van der Waals surface area contributed by atoms with Gasteiger partial charge in [-0.05, 0) is 45.2 Å². The van der Waals surface area contributed by atoms with Gasteiger partial charge < -0.3 is 9.88 Å². The Balaban J connectivity index is 1.58. The third-order valence-electron chi connectivity index (χ3n) is 5.23. The number of imidazole rings is 1. The molecule has 0 amide bonds. The van der Waals surface area contributed by atoms with E-state index < -0.39 is 0 Å². The monoisotopic (exact) mass is 335 g/mol. The highest BCUT2D eigenvalue weighted by molar-refractivity contribution is 5.51. The van der Waals surface area contributed by atoms with Crippen LogP contribution in [0.4, 0.5) is 5.82 Å². The summed E-state index contributed by atoms with van der Waals surface area (Å²) in [4.78, 5) is 10.2. The van der Waals surface area contributed by atoms with Crippen LogP contribution in [0.5, 0.6) is 0 Å². The summed E-state index contributed by atoms with van der Waals surface area (Å²) in [5, 5.41) is 4.76. The van der Waals surface area contributed by atoms with Crippen molar-refractivity contribution in [2.75, 3.05) is 18.0 Å². The van der Waals surface area contributed by atoms with Crippen LogP contribution in [0.15, 0.2) is 36.7 Å². The van der Waals surface area contributed by atoms with Crippen molar-refractivity contribution in [1.29, 1.82) is 0 Å². The second kappa shape index (κ2) is 6.39. The molecule has 0 aliphatic carbocycles. The second-order valence-corrected chi connectivity index (χ2v) is 7.02. The average Bonchev–Trinajstić information content (AvgIpc) is 3.21. The van der Waals surface area contributed by atoms with Gasteiger partial charge in [-0.2, -0.15) is 5.10 Å². The van der Waals surface area contributed by atoms with Crippen LogP contribution in [0.25, 0.3) is 5.69 Å². The number of benzene rings is 1. The number of anilines is 1. The summed E-state index contributed by atoms with van der Waals surface area (Å²) in [7, 11) is 0. The molecular formula is C20H25N5. The molecule has 1 fully saturated rings. The number of piperidine rings is 1. The minimum atomic E-state index is 0.554. The molecule has 5 heteroatoms. The van der Waals surface area contributed by atoms with E-state index in [9.17, 15) is 0 Å². The molecule has 1 saturated heterocycles. The van der Waals surface area contributed by atoms with Crippen molar-refractivity contribution in [2.45, 2.75) is 39.5 Å². The number of para-hydroxylation sites is 1. The fourth-order valence-corrected chi connectivity index (χ4v) is 3.85. The van der Waals surface area contributed by atoms with Gasteiger partial charge in [-0.3, -0.25) is 0 Å². The molecule has 4 rings (SSSR count). The molecule has 0 saturated carbocycles. The van der Waals surface area contributed by atoms with Gasteiger partial charge in [0.2, 0.25) is 0 Å². The van der Waals surface area contributed by atoms with Gasteiger partial charge >= 0.3 is 0 Å². The first-order chi connectivity index (χ1) is 12.1. The van der Waals surface area contributed by atoms with E-state index in [2.05, 4.69) is 70.7 Å². The lowest BCUT2D eigenvalue weighted by Gasteiger charge is -2.33. The summed E-state index contributed by atoms with van der Waals surface area (Å²) >= 11 is 0. The Labute approximate surface area is 148 Å². The SMILES string of the molecule is Cc1cc(N2CCC(c3nc[nH]c3C)CC2)n(-c2ccccc2C)n1. The first-order valence-corrected chi connectivity index (χ1v) is 9.01. The molecule has 5 nitrogen and oxygen atoms in total. The first kappa shape index (κ1) is 15.9. The molecule has 0 spiro atoms. The van der Waals surface area contributed by atoms with Gasteiger partial charge in [0.15, 0.2) is 0 Å². The van der Waals surface area contributed by atoms with Gasteiger partial charge in [-0.15, -0.1) is 0 Å². The second-order valence-electron chi connectivity index (χ2n) is 7.02. The molecule has 1 aliphatic heterocycles. The zero-order valence-electron chi connectivity index (χ0n) is 15.2. The maximum absolute atomic E-state index is 4.76. The molecule has 130 valence electrons. The van der Waals surface area contributed by atoms with E-state index in [0.29, 0.717) is 5.92 Å². The van der Waals surface area contributed by atoms with E-state index in [1.807, 2.05) is 6.33 Å². The third-order valence-corrected chi connectivity index (χ3v) is 5.23. The molecule has 0 atom stereocenters. The van der Waals surface area contributed by atoms with Crippen LogP contribution in [0.3, 0.4) is 0 Å². The van der Waals surface area contributed by atoms with Gasteiger partial charge in [0.1, 0.15) is 5.82 Å². The van der Waals surface area contributed by atoms with Crippen molar-refractivity contribution in [3.05, 3.63) is 59.3 Å². The van der Waals surface area contributed by atoms with Crippen LogP contribution >= 0.6 is 0 Å². The fourth-order valence-electron chi connectivity index (χ4n) is 3.85. The zero-order valence-corrected chi connectivity index (χ0v) is 15.2. The van der Waals surface area contributed by atoms with Crippen LogP contribution in [0.2, 0.25) is 0 Å². The van der Waals surface area contributed by atoms with Crippen molar-refractivity contribution in [3.63, 3.8) is 0 Å². The highest BCUT2D eigenvalue weighted by Crippen LogP contribution is 2.32. The molecular weight excluding hydrogens is 310 g/mol. The standard InChI is InChI=1S/C20H25N5/c1-14-6-4-5-7-18(14)25-19(12-15(2)23-25)24-10-8-17(9-11-24)20-16(3)21-13-22-20/h4-7,12-13,17H,8-11H2,1-3H3,(H,21,22). The highest BCUT2D eigenvalue weighted by atomic mass is 15.4. The summed E-state index contributed by atoms with van der Waals surface area (Å²) in [6.07, 6.45) is 4.07. The predicted octanol–water partition coefficient (Wildman–Crippen LogP) is 3.90. The number of aryl methyl sites for hydroxylation is 3. The Morgan fingerprint density at radius 3 is 2.52 bits per heavy atom. The number of nitrogens with zero attached hydrogens (tertiary/aromatic N) is 4. The predicted molar refractivity (Wildman–Crippen MR) is 101 cm³/mol. The fraction of sp³-hybridized carbons (Fsp3) is 0.400. The molecule has 1 aliphatic rings. The lowest BCUT2D eigenvalue weighted by molar-refractivity contribution is 0.490. The number of aromatic nitrogens is 4. The summed E-state index contributed by atoms with van der Waals surface area (Å²) in [6.45, 7) is 8.40. The maximum atomic E-state index is 4.76. The largest absolute Gasteiger partial charge is 0.356 e. The molecule has 3 aromatic rings. The van der Waals surface area contributed by atoms with Crippen molar-refractivity contribution >= 4 is 5.82 Å². The normalized spacial score (nSPS) is 15.7. The Bertz CT molecular complexity index is 868. The topological polar surface area (TPSA) is 49.7 Å². The van der Waals surface area contributed by atoms with Crippen molar-refractivity contribution in [1.82, 2.24) is 19.7 Å². The van der Waals surface area contributed by atoms with Crippen molar-refractivity contribution in [3.8, 4) is 5.69 Å². The molecule has 0 unspecified atom stereocenters. The quantitative estimate of drug-likeness (QED) is 0.789. The summed E-state index contributed by atoms with van der Waals surface area (Å²) in [6, 6.07) is 10.6. The van der Waals surface area contributed by atoms with Crippen LogP contribution in [0, 0.1) is 20.8 Å². The van der Waals surface area contributed by atoms with Gasteiger partial charge in [0.05, 0.1) is 23.4 Å². The molecule has 0 bridgehead atoms. The molecule has 0 radical (unpaired) electrons. The van der Waals surface area contributed by atoms with E-state index >= 15 is 0 Å². The van der Waals surface area contributed by atoms with Gasteiger partial charge in [-0.1, -0.05) is 18.2 Å². The van der Waals surface area contributed by atoms with Crippen molar-refractivity contribution in [2.24, 2.45) is 0 Å². The maximum Gasteiger partial charge on any atom is 0.132 e. The number of hydrogen-bond donors (Lipinski definition) is 1. The Hall–Kier alpha value is -2.56. The number of nitrogens with one attached hydrogen (secondary N) is 1. The molecule has 1 N–H and O–H groups in total. The molecule has 25 heavy (non-hydrogen) atoms. The number of hydrogen-bond acceptors (Lipinski definition) is 3. The lowest BCUT2D eigenvalue weighted by Crippen LogP contribution is -2.34. The molecule has 2 aromatic heterocycles. The van der Waals surface area contributed by atoms with E-state index in [1.54, 1.807) is 0 Å². The third kappa shape index (κ3) is 2.95. The summed E-state index contributed by atoms with van der Waals surface area (Å²) in [5.74, 6) is 1.75. The van der Waals surface area contributed by atoms with E-state index in [4.69, 9.17) is 5.10 Å².